The maximum atomic E-state index is 10.8. The highest BCUT2D eigenvalue weighted by molar-refractivity contribution is 7.99. The van der Waals surface area contributed by atoms with Crippen LogP contribution in [-0.4, -0.2) is 5.11 Å². The molecule has 0 aliphatic rings. The third-order valence-electron chi connectivity index (χ3n) is 4.47. The number of hydrogen-bond donors (Lipinski definition) is 2. The molecule has 3 rings (SSSR count). The normalized spacial score (nSPS) is 11.4. The third-order valence-corrected chi connectivity index (χ3v) is 5.55. The Morgan fingerprint density at radius 3 is 2.30 bits per heavy atom. The molecule has 0 radical (unpaired) electrons. The van der Waals surface area contributed by atoms with E-state index in [1.54, 1.807) is 11.8 Å². The maximum Gasteiger partial charge on any atom is 0.124 e. The molecule has 0 fully saturated rings. The van der Waals surface area contributed by atoms with Crippen molar-refractivity contribution >= 4 is 17.4 Å². The minimum Gasteiger partial charge on any atom is -0.507 e. The topological polar surface area (TPSA) is 32.3 Å². The molecule has 0 bridgehead atoms. The van der Waals surface area contributed by atoms with E-state index in [4.69, 9.17) is 0 Å². The van der Waals surface area contributed by atoms with Crippen LogP contribution in [0.25, 0.3) is 0 Å². The van der Waals surface area contributed by atoms with Gasteiger partial charge in [-0.25, -0.2) is 0 Å². The van der Waals surface area contributed by atoms with Crippen molar-refractivity contribution in [1.82, 2.24) is 0 Å². The van der Waals surface area contributed by atoms with Crippen LogP contribution in [-0.2, 0) is 12.0 Å². The Hall–Kier alpha value is -2.39. The van der Waals surface area contributed by atoms with Crippen molar-refractivity contribution in [3.05, 3.63) is 83.4 Å². The highest BCUT2D eigenvalue weighted by Gasteiger charge is 2.20. The molecule has 0 aliphatic carbocycles. The van der Waals surface area contributed by atoms with Crippen molar-refractivity contribution in [3.8, 4) is 5.75 Å². The average Bonchev–Trinajstić information content (AvgIpc) is 2.63. The van der Waals surface area contributed by atoms with Crippen LogP contribution < -0.4 is 5.32 Å². The summed E-state index contributed by atoms with van der Waals surface area (Å²) in [6.45, 7) is 9.06. The first-order valence-electron chi connectivity index (χ1n) is 9.23. The van der Waals surface area contributed by atoms with E-state index < -0.39 is 0 Å². The van der Waals surface area contributed by atoms with E-state index in [0.717, 1.165) is 16.8 Å². The van der Waals surface area contributed by atoms with E-state index in [9.17, 15) is 5.11 Å². The highest BCUT2D eigenvalue weighted by atomic mass is 32.2. The SMILES string of the molecule is Cc1cc(CNc2ccccc2Sc2ccccc2)c(O)c(C(C)(C)C)c1. The number of benzene rings is 3. The third kappa shape index (κ3) is 4.86. The summed E-state index contributed by atoms with van der Waals surface area (Å²) in [5, 5.41) is 14.3. The van der Waals surface area contributed by atoms with Gasteiger partial charge in [0.25, 0.3) is 0 Å². The van der Waals surface area contributed by atoms with Crippen LogP contribution in [0.3, 0.4) is 0 Å². The van der Waals surface area contributed by atoms with Crippen LogP contribution >= 0.6 is 11.8 Å². The monoisotopic (exact) mass is 377 g/mol. The van der Waals surface area contributed by atoms with Crippen molar-refractivity contribution in [2.45, 2.75) is 49.4 Å². The quantitative estimate of drug-likeness (QED) is 0.515. The van der Waals surface area contributed by atoms with Gasteiger partial charge in [0.05, 0.1) is 0 Å². The first-order chi connectivity index (χ1) is 12.8. The molecule has 0 saturated carbocycles. The van der Waals surface area contributed by atoms with E-state index in [0.29, 0.717) is 12.3 Å². The fourth-order valence-corrected chi connectivity index (χ4v) is 4.01. The summed E-state index contributed by atoms with van der Waals surface area (Å²) in [5.41, 5.74) is 4.07. The van der Waals surface area contributed by atoms with Gasteiger partial charge in [0.2, 0.25) is 0 Å². The summed E-state index contributed by atoms with van der Waals surface area (Å²) in [4.78, 5) is 2.38. The van der Waals surface area contributed by atoms with Crippen molar-refractivity contribution in [1.29, 1.82) is 0 Å². The number of para-hydroxylation sites is 1. The average molecular weight is 378 g/mol. The second kappa shape index (κ2) is 8.10. The molecule has 0 aliphatic heterocycles. The lowest BCUT2D eigenvalue weighted by Gasteiger charge is -2.23. The first-order valence-corrected chi connectivity index (χ1v) is 10.0. The molecule has 0 unspecified atom stereocenters. The zero-order valence-corrected chi connectivity index (χ0v) is 17.2. The molecule has 0 amide bonds. The second-order valence-corrected chi connectivity index (χ2v) is 8.95. The van der Waals surface area contributed by atoms with E-state index in [2.05, 4.69) is 87.6 Å². The molecular formula is C24H27NOS. The molecule has 0 atom stereocenters. The van der Waals surface area contributed by atoms with Crippen molar-refractivity contribution < 1.29 is 5.11 Å². The number of nitrogens with one attached hydrogen (secondary N) is 1. The van der Waals surface area contributed by atoms with Crippen LogP contribution in [0.5, 0.6) is 5.75 Å². The lowest BCUT2D eigenvalue weighted by molar-refractivity contribution is 0.441. The summed E-state index contributed by atoms with van der Waals surface area (Å²) in [6.07, 6.45) is 0. The summed E-state index contributed by atoms with van der Waals surface area (Å²) in [6, 6.07) is 22.8. The van der Waals surface area contributed by atoms with E-state index in [-0.39, 0.29) is 5.41 Å². The molecule has 2 nitrogen and oxygen atoms in total. The number of phenolic OH excluding ortho intramolecular Hbond substituents is 1. The molecule has 0 aromatic heterocycles. The minimum absolute atomic E-state index is 0.0913. The standard InChI is InChI=1S/C24H27NOS/c1-17-14-18(23(26)20(15-17)24(2,3)4)16-25-21-12-8-9-13-22(21)27-19-10-6-5-7-11-19/h5-15,25-26H,16H2,1-4H3. The van der Waals surface area contributed by atoms with Crippen molar-refractivity contribution in [3.63, 3.8) is 0 Å². The van der Waals surface area contributed by atoms with Crippen molar-refractivity contribution in [2.75, 3.05) is 5.32 Å². The molecule has 3 aromatic carbocycles. The first kappa shape index (κ1) is 19.4. The van der Waals surface area contributed by atoms with Gasteiger partial charge < -0.3 is 10.4 Å². The number of rotatable bonds is 5. The van der Waals surface area contributed by atoms with E-state index >= 15 is 0 Å². The molecule has 0 heterocycles. The molecule has 3 aromatic rings. The molecule has 0 spiro atoms. The zero-order chi connectivity index (χ0) is 19.4. The fourth-order valence-electron chi connectivity index (χ4n) is 3.07. The summed E-state index contributed by atoms with van der Waals surface area (Å²) < 4.78 is 0. The highest BCUT2D eigenvalue weighted by Crippen LogP contribution is 2.36. The van der Waals surface area contributed by atoms with Gasteiger partial charge in [0.1, 0.15) is 5.75 Å². The fraction of sp³-hybridized carbons (Fsp3) is 0.250. The van der Waals surface area contributed by atoms with E-state index in [1.165, 1.54) is 15.4 Å². The molecule has 2 N–H and O–H groups in total. The molecular weight excluding hydrogens is 350 g/mol. The Labute approximate surface area is 166 Å². The van der Waals surface area contributed by atoms with Gasteiger partial charge in [-0.05, 0) is 42.2 Å². The Kier molecular flexibility index (Phi) is 5.81. The summed E-state index contributed by atoms with van der Waals surface area (Å²) >= 11 is 1.74. The van der Waals surface area contributed by atoms with Crippen LogP contribution in [0.2, 0.25) is 0 Å². The van der Waals surface area contributed by atoms with E-state index in [1.807, 2.05) is 12.1 Å². The maximum absolute atomic E-state index is 10.8. The van der Waals surface area contributed by atoms with Gasteiger partial charge >= 0.3 is 0 Å². The van der Waals surface area contributed by atoms with Gasteiger partial charge in [-0.3, -0.25) is 0 Å². The zero-order valence-electron chi connectivity index (χ0n) is 16.4. The van der Waals surface area contributed by atoms with Crippen LogP contribution in [0.4, 0.5) is 5.69 Å². The summed E-state index contributed by atoms with van der Waals surface area (Å²) in [5.74, 6) is 0.397. The van der Waals surface area contributed by atoms with Gasteiger partial charge in [-0.1, -0.05) is 80.6 Å². The second-order valence-electron chi connectivity index (χ2n) is 7.84. The number of anilines is 1. The Balaban J connectivity index is 1.83. The van der Waals surface area contributed by atoms with Crippen LogP contribution in [0.15, 0.2) is 76.5 Å². The number of aromatic hydroxyl groups is 1. The minimum atomic E-state index is -0.0913. The largest absolute Gasteiger partial charge is 0.507 e. The number of hydrogen-bond acceptors (Lipinski definition) is 3. The predicted octanol–water partition coefficient (Wildman–Crippen LogP) is 6.76. The molecule has 0 saturated heterocycles. The lowest BCUT2D eigenvalue weighted by atomic mass is 9.84. The lowest BCUT2D eigenvalue weighted by Crippen LogP contribution is -2.13. The van der Waals surface area contributed by atoms with Gasteiger partial charge in [-0.2, -0.15) is 0 Å². The Morgan fingerprint density at radius 1 is 0.926 bits per heavy atom. The molecule has 27 heavy (non-hydrogen) atoms. The van der Waals surface area contributed by atoms with Crippen LogP contribution in [0, 0.1) is 6.92 Å². The molecule has 3 heteroatoms. The number of phenols is 1. The smallest absolute Gasteiger partial charge is 0.124 e. The predicted molar refractivity (Wildman–Crippen MR) is 116 cm³/mol. The molecule has 140 valence electrons. The van der Waals surface area contributed by atoms with Gasteiger partial charge in [0, 0.05) is 27.6 Å². The Bertz CT molecular complexity index is 913. The van der Waals surface area contributed by atoms with Crippen LogP contribution in [0.1, 0.15) is 37.5 Å². The Morgan fingerprint density at radius 2 is 1.59 bits per heavy atom. The van der Waals surface area contributed by atoms with Crippen molar-refractivity contribution in [2.24, 2.45) is 0 Å². The number of aryl methyl sites for hydroxylation is 1. The van der Waals surface area contributed by atoms with Gasteiger partial charge in [0.15, 0.2) is 0 Å². The summed E-state index contributed by atoms with van der Waals surface area (Å²) in [7, 11) is 0. The van der Waals surface area contributed by atoms with Gasteiger partial charge in [-0.15, -0.1) is 0 Å².